The van der Waals surface area contributed by atoms with Crippen LogP contribution in [0.4, 0.5) is 9.18 Å². The zero-order valence-corrected chi connectivity index (χ0v) is 30.1. The van der Waals surface area contributed by atoms with E-state index in [1.807, 2.05) is 33.0 Å². The van der Waals surface area contributed by atoms with Gasteiger partial charge in [-0.25, -0.2) is 13.9 Å². The van der Waals surface area contributed by atoms with Crippen LogP contribution in [0.3, 0.4) is 0 Å². The van der Waals surface area contributed by atoms with Gasteiger partial charge in [0.05, 0.1) is 12.1 Å². The van der Waals surface area contributed by atoms with Crippen LogP contribution in [-0.2, 0) is 31.2 Å². The van der Waals surface area contributed by atoms with Gasteiger partial charge in [-0.2, -0.15) is 5.10 Å². The largest absolute Gasteiger partial charge is 0.444 e. The molecular formula is C34H48ClFN4O5Si. The van der Waals surface area contributed by atoms with Crippen LogP contribution in [0.2, 0.25) is 30.7 Å². The lowest BCUT2D eigenvalue weighted by Crippen LogP contribution is -2.49. The van der Waals surface area contributed by atoms with E-state index in [4.69, 9.17) is 30.9 Å². The van der Waals surface area contributed by atoms with Crippen molar-refractivity contribution in [2.24, 2.45) is 0 Å². The highest BCUT2D eigenvalue weighted by Gasteiger charge is 2.41. The van der Waals surface area contributed by atoms with Gasteiger partial charge in [-0.15, -0.1) is 0 Å². The molecule has 0 spiro atoms. The van der Waals surface area contributed by atoms with E-state index >= 15 is 0 Å². The molecule has 1 fully saturated rings. The topological polar surface area (TPSA) is 86.1 Å². The number of fused-ring (bicyclic) bond motifs is 1. The van der Waals surface area contributed by atoms with E-state index in [9.17, 15) is 14.0 Å². The lowest BCUT2D eigenvalue weighted by molar-refractivity contribution is -0.143. The Labute approximate surface area is 277 Å². The molecule has 0 radical (unpaired) electrons. The summed E-state index contributed by atoms with van der Waals surface area (Å²) in [6.45, 7) is 14.4. The van der Waals surface area contributed by atoms with Gasteiger partial charge < -0.3 is 24.0 Å². The highest BCUT2D eigenvalue weighted by molar-refractivity contribution is 6.76. The summed E-state index contributed by atoms with van der Waals surface area (Å²) in [4.78, 5) is 29.8. The third-order valence-corrected chi connectivity index (χ3v) is 10.1. The number of nitrogens with zero attached hydrogens (tertiary/aromatic N) is 4. The summed E-state index contributed by atoms with van der Waals surface area (Å²) in [5.74, 6) is -0.599. The smallest absolute Gasteiger partial charge is 0.410 e. The SMILES string of the molecule is CN(C)C(=O)C(OCC1(c2ccc(F)cc2)CCN(C(=O)OC(C)(C)C)CC1)c1cc(Cl)cc2cn(COCC[Si](C)(C)C)nc12. The first kappa shape index (κ1) is 35.9. The van der Waals surface area contributed by atoms with Gasteiger partial charge in [-0.05, 0) is 69.5 Å². The summed E-state index contributed by atoms with van der Waals surface area (Å²) in [5.41, 5.74) is 0.848. The Hall–Kier alpha value is -2.99. The molecule has 3 aromatic rings. The molecule has 9 nitrogen and oxygen atoms in total. The number of halogens is 2. The molecule has 1 aromatic heterocycles. The van der Waals surface area contributed by atoms with Crippen LogP contribution >= 0.6 is 11.6 Å². The number of hydrogen-bond donors (Lipinski definition) is 0. The molecule has 0 N–H and O–H groups in total. The summed E-state index contributed by atoms with van der Waals surface area (Å²) in [6.07, 6.45) is 1.56. The van der Waals surface area contributed by atoms with E-state index < -0.39 is 25.2 Å². The second-order valence-corrected chi connectivity index (χ2v) is 20.7. The van der Waals surface area contributed by atoms with E-state index in [0.717, 1.165) is 17.0 Å². The second kappa shape index (κ2) is 14.4. The first-order valence-electron chi connectivity index (χ1n) is 15.8. The molecule has 0 aliphatic carbocycles. The van der Waals surface area contributed by atoms with Gasteiger partial charge in [0.15, 0.2) is 6.10 Å². The van der Waals surface area contributed by atoms with Crippen molar-refractivity contribution in [1.29, 1.82) is 0 Å². The number of carbonyl (C=O) groups is 2. The molecule has 2 heterocycles. The maximum absolute atomic E-state index is 14.0. The van der Waals surface area contributed by atoms with E-state index in [1.165, 1.54) is 17.0 Å². The fraction of sp³-hybridized carbons (Fsp3) is 0.559. The molecule has 1 aliphatic heterocycles. The Bertz CT molecular complexity index is 1510. The summed E-state index contributed by atoms with van der Waals surface area (Å²) in [5, 5.41) is 6.02. The highest BCUT2D eigenvalue weighted by atomic mass is 35.5. The number of carbonyl (C=O) groups excluding carboxylic acids is 2. The van der Waals surface area contributed by atoms with E-state index in [-0.39, 0.29) is 31.2 Å². The molecule has 1 atom stereocenters. The number of amides is 2. The Morgan fingerprint density at radius 3 is 2.35 bits per heavy atom. The second-order valence-electron chi connectivity index (χ2n) is 14.6. The van der Waals surface area contributed by atoms with Crippen molar-refractivity contribution in [3.05, 3.63) is 64.6 Å². The number of hydrogen-bond acceptors (Lipinski definition) is 6. The molecule has 1 aliphatic rings. The van der Waals surface area contributed by atoms with Crippen molar-refractivity contribution in [2.75, 3.05) is 40.4 Å². The van der Waals surface area contributed by atoms with Crippen LogP contribution in [-0.4, -0.2) is 85.7 Å². The van der Waals surface area contributed by atoms with Crippen molar-refractivity contribution in [2.45, 2.75) is 83.1 Å². The fourth-order valence-corrected chi connectivity index (χ4v) is 6.50. The van der Waals surface area contributed by atoms with Gasteiger partial charge in [0.1, 0.15) is 18.1 Å². The molecule has 0 saturated carbocycles. The molecule has 1 saturated heterocycles. The van der Waals surface area contributed by atoms with Crippen LogP contribution in [0, 0.1) is 5.82 Å². The van der Waals surface area contributed by atoms with Gasteiger partial charge in [0.25, 0.3) is 5.91 Å². The number of likely N-dealkylation sites (tertiary alicyclic amines) is 1. The minimum atomic E-state index is -1.23. The average Bonchev–Trinajstić information content (AvgIpc) is 3.37. The predicted molar refractivity (Wildman–Crippen MR) is 181 cm³/mol. The number of benzene rings is 2. The van der Waals surface area contributed by atoms with Crippen molar-refractivity contribution in [3.63, 3.8) is 0 Å². The summed E-state index contributed by atoms with van der Waals surface area (Å²) < 4.78 is 33.9. The quantitative estimate of drug-likeness (QED) is 0.157. The Balaban J connectivity index is 1.62. The van der Waals surface area contributed by atoms with Crippen molar-refractivity contribution < 1.29 is 28.2 Å². The number of piperidine rings is 1. The molecule has 2 aromatic carbocycles. The average molecular weight is 675 g/mol. The van der Waals surface area contributed by atoms with E-state index in [1.54, 1.807) is 41.9 Å². The van der Waals surface area contributed by atoms with Gasteiger partial charge in [-0.1, -0.05) is 43.4 Å². The molecule has 4 rings (SSSR count). The monoisotopic (exact) mass is 674 g/mol. The van der Waals surface area contributed by atoms with Gasteiger partial charge >= 0.3 is 6.09 Å². The molecule has 46 heavy (non-hydrogen) atoms. The third-order valence-electron chi connectivity index (χ3n) is 8.17. The predicted octanol–water partition coefficient (Wildman–Crippen LogP) is 7.26. The van der Waals surface area contributed by atoms with Crippen LogP contribution in [0.1, 0.15) is 50.8 Å². The number of rotatable bonds is 11. The molecule has 252 valence electrons. The van der Waals surface area contributed by atoms with Crippen LogP contribution in [0.25, 0.3) is 10.9 Å². The maximum atomic E-state index is 14.0. The first-order chi connectivity index (χ1) is 21.5. The molecule has 2 amide bonds. The van der Waals surface area contributed by atoms with Gasteiger partial charge in [0, 0.05) is 69.4 Å². The Kier molecular flexibility index (Phi) is 11.2. The summed E-state index contributed by atoms with van der Waals surface area (Å²) in [7, 11) is 2.13. The van der Waals surface area contributed by atoms with E-state index in [0.29, 0.717) is 48.6 Å². The molecule has 12 heteroatoms. The zero-order valence-electron chi connectivity index (χ0n) is 28.4. The molecule has 1 unspecified atom stereocenters. The van der Waals surface area contributed by atoms with Crippen LogP contribution in [0.5, 0.6) is 0 Å². The molecular weight excluding hydrogens is 627 g/mol. The van der Waals surface area contributed by atoms with Crippen molar-refractivity contribution >= 4 is 42.6 Å². The minimum Gasteiger partial charge on any atom is -0.444 e. The Morgan fingerprint density at radius 1 is 1.11 bits per heavy atom. The minimum absolute atomic E-state index is 0.152. The van der Waals surface area contributed by atoms with Gasteiger partial charge in [0.2, 0.25) is 0 Å². The fourth-order valence-electron chi connectivity index (χ4n) is 5.51. The standard InChI is InChI=1S/C34H48ClFN4O5Si/c1-33(2,3)45-32(42)39-15-13-34(14-16-39,25-9-11-27(36)12-10-25)22-44-30(31(41)38(4)5)28-20-26(35)19-24-21-40(37-29(24)28)23-43-17-18-46(6,7)8/h9-12,19-21,30H,13-18,22-23H2,1-8H3. The first-order valence-corrected chi connectivity index (χ1v) is 19.9. The number of likely N-dealkylation sites (N-methyl/N-ethyl adjacent to an activating group) is 1. The van der Waals surface area contributed by atoms with Crippen LogP contribution < -0.4 is 0 Å². The maximum Gasteiger partial charge on any atom is 0.410 e. The summed E-state index contributed by atoms with van der Waals surface area (Å²) >= 11 is 6.59. The zero-order chi connectivity index (χ0) is 33.9. The van der Waals surface area contributed by atoms with Crippen molar-refractivity contribution in [1.82, 2.24) is 19.6 Å². The van der Waals surface area contributed by atoms with Gasteiger partial charge in [-0.3, -0.25) is 4.79 Å². The Morgan fingerprint density at radius 2 is 1.76 bits per heavy atom. The number of aromatic nitrogens is 2. The van der Waals surface area contributed by atoms with Crippen molar-refractivity contribution in [3.8, 4) is 0 Å². The normalized spacial score (nSPS) is 16.0. The van der Waals surface area contributed by atoms with E-state index in [2.05, 4.69) is 19.6 Å². The lowest BCUT2D eigenvalue weighted by Gasteiger charge is -2.43. The van der Waals surface area contributed by atoms with Crippen LogP contribution in [0.15, 0.2) is 42.6 Å². The highest BCUT2D eigenvalue weighted by Crippen LogP contribution is 2.39. The number of ether oxygens (including phenoxy) is 3. The third kappa shape index (κ3) is 9.30. The lowest BCUT2D eigenvalue weighted by atomic mass is 9.73. The molecule has 0 bridgehead atoms. The summed E-state index contributed by atoms with van der Waals surface area (Å²) in [6, 6.07) is 11.0.